The number of aromatic hydroxyl groups is 1. The maximum atomic E-state index is 11.2. The molecule has 7 heteroatoms. The molecule has 0 bridgehead atoms. The molecule has 0 atom stereocenters. The summed E-state index contributed by atoms with van der Waals surface area (Å²) in [5.74, 6) is 0.171. The summed E-state index contributed by atoms with van der Waals surface area (Å²) in [6.07, 6.45) is 0.721. The van der Waals surface area contributed by atoms with Crippen LogP contribution < -0.4 is 16.2 Å². The van der Waals surface area contributed by atoms with Crippen molar-refractivity contribution >= 4 is 15.7 Å². The highest BCUT2D eigenvalue weighted by molar-refractivity contribution is 7.89. The van der Waals surface area contributed by atoms with Crippen LogP contribution in [0.15, 0.2) is 47.4 Å². The van der Waals surface area contributed by atoms with E-state index in [-0.39, 0.29) is 10.6 Å². The van der Waals surface area contributed by atoms with Crippen molar-refractivity contribution in [3.63, 3.8) is 0 Å². The van der Waals surface area contributed by atoms with E-state index < -0.39 is 10.0 Å². The Morgan fingerprint density at radius 2 is 1.77 bits per heavy atom. The van der Waals surface area contributed by atoms with Gasteiger partial charge in [0.25, 0.3) is 0 Å². The second-order valence-corrected chi connectivity index (χ2v) is 6.52. The molecule has 6 N–H and O–H groups in total. The second-order valence-electron chi connectivity index (χ2n) is 4.96. The SMILES string of the molecule is Nc1cccc(O)c1CNCCc1ccc(S(N)(=O)=O)cc1. The van der Waals surface area contributed by atoms with Crippen molar-refractivity contribution in [2.45, 2.75) is 17.9 Å². The van der Waals surface area contributed by atoms with E-state index in [1.54, 1.807) is 30.3 Å². The number of benzene rings is 2. The third-order valence-corrected chi connectivity index (χ3v) is 4.26. The highest BCUT2D eigenvalue weighted by Crippen LogP contribution is 2.22. The monoisotopic (exact) mass is 321 g/mol. The lowest BCUT2D eigenvalue weighted by Gasteiger charge is -2.09. The van der Waals surface area contributed by atoms with Gasteiger partial charge in [0.15, 0.2) is 0 Å². The topological polar surface area (TPSA) is 118 Å². The van der Waals surface area contributed by atoms with Gasteiger partial charge in [0.2, 0.25) is 10.0 Å². The summed E-state index contributed by atoms with van der Waals surface area (Å²) in [7, 11) is -3.65. The van der Waals surface area contributed by atoms with Crippen LogP contribution in [0.4, 0.5) is 5.69 Å². The van der Waals surface area contributed by atoms with Crippen molar-refractivity contribution in [3.8, 4) is 5.75 Å². The number of phenols is 1. The summed E-state index contributed by atoms with van der Waals surface area (Å²) in [6.45, 7) is 1.14. The third kappa shape index (κ3) is 4.20. The average Bonchev–Trinajstić information content (AvgIpc) is 2.45. The van der Waals surface area contributed by atoms with Gasteiger partial charge in [-0.05, 0) is 42.8 Å². The van der Waals surface area contributed by atoms with Crippen LogP contribution in [0.5, 0.6) is 5.75 Å². The first-order valence-electron chi connectivity index (χ1n) is 6.77. The van der Waals surface area contributed by atoms with Crippen LogP contribution in [-0.4, -0.2) is 20.1 Å². The summed E-state index contributed by atoms with van der Waals surface area (Å²) in [5.41, 5.74) is 8.01. The number of nitrogen functional groups attached to an aromatic ring is 1. The maximum absolute atomic E-state index is 11.2. The van der Waals surface area contributed by atoms with Crippen molar-refractivity contribution < 1.29 is 13.5 Å². The lowest BCUT2D eigenvalue weighted by atomic mass is 10.1. The molecule has 2 rings (SSSR count). The number of hydrogen-bond donors (Lipinski definition) is 4. The van der Waals surface area contributed by atoms with Gasteiger partial charge in [-0.2, -0.15) is 0 Å². The van der Waals surface area contributed by atoms with Crippen molar-refractivity contribution in [1.29, 1.82) is 0 Å². The molecule has 0 radical (unpaired) electrons. The summed E-state index contributed by atoms with van der Waals surface area (Å²) in [4.78, 5) is 0.103. The van der Waals surface area contributed by atoms with Crippen LogP contribution in [0.3, 0.4) is 0 Å². The van der Waals surface area contributed by atoms with E-state index >= 15 is 0 Å². The van der Waals surface area contributed by atoms with Crippen LogP contribution in [-0.2, 0) is 23.0 Å². The number of nitrogens with two attached hydrogens (primary N) is 2. The molecule has 0 heterocycles. The van der Waals surface area contributed by atoms with Gasteiger partial charge in [-0.3, -0.25) is 0 Å². The number of nitrogens with one attached hydrogen (secondary N) is 1. The van der Waals surface area contributed by atoms with Gasteiger partial charge in [0, 0.05) is 17.8 Å². The smallest absolute Gasteiger partial charge is 0.238 e. The summed E-state index contributed by atoms with van der Waals surface area (Å²) in [5, 5.41) is 18.0. The zero-order chi connectivity index (χ0) is 16.2. The van der Waals surface area contributed by atoms with Crippen molar-refractivity contribution in [2.75, 3.05) is 12.3 Å². The summed E-state index contributed by atoms with van der Waals surface area (Å²) < 4.78 is 22.3. The summed E-state index contributed by atoms with van der Waals surface area (Å²) >= 11 is 0. The van der Waals surface area contributed by atoms with E-state index in [0.717, 1.165) is 12.0 Å². The molecular weight excluding hydrogens is 302 g/mol. The first-order valence-corrected chi connectivity index (χ1v) is 8.31. The molecule has 0 saturated carbocycles. The number of hydrogen-bond acceptors (Lipinski definition) is 5. The molecule has 6 nitrogen and oxygen atoms in total. The van der Waals surface area contributed by atoms with Crippen molar-refractivity contribution in [3.05, 3.63) is 53.6 Å². The van der Waals surface area contributed by atoms with E-state index in [2.05, 4.69) is 5.32 Å². The fraction of sp³-hybridized carbons (Fsp3) is 0.200. The predicted octanol–water partition coefficient (Wildman–Crippen LogP) is 0.954. The molecule has 0 fully saturated rings. The fourth-order valence-corrected chi connectivity index (χ4v) is 2.59. The first-order chi connectivity index (χ1) is 10.4. The Balaban J connectivity index is 1.87. The van der Waals surface area contributed by atoms with Gasteiger partial charge < -0.3 is 16.2 Å². The molecule has 0 amide bonds. The normalized spacial score (nSPS) is 11.5. The molecule has 2 aromatic carbocycles. The molecule has 0 unspecified atom stereocenters. The van der Waals surface area contributed by atoms with E-state index in [0.29, 0.717) is 24.3 Å². The van der Waals surface area contributed by atoms with Gasteiger partial charge in [-0.25, -0.2) is 13.6 Å². The lowest BCUT2D eigenvalue weighted by Crippen LogP contribution is -2.17. The number of anilines is 1. The first kappa shape index (κ1) is 16.3. The Morgan fingerprint density at radius 3 is 2.36 bits per heavy atom. The molecule has 0 aliphatic heterocycles. The lowest BCUT2D eigenvalue weighted by molar-refractivity contribution is 0.465. The van der Waals surface area contributed by atoms with E-state index in [9.17, 15) is 13.5 Å². The maximum Gasteiger partial charge on any atom is 0.238 e. The van der Waals surface area contributed by atoms with Crippen LogP contribution >= 0.6 is 0 Å². The molecule has 0 aliphatic rings. The van der Waals surface area contributed by atoms with Crippen LogP contribution in [0.25, 0.3) is 0 Å². The van der Waals surface area contributed by atoms with Gasteiger partial charge in [-0.15, -0.1) is 0 Å². The Kier molecular flexibility index (Phi) is 5.02. The van der Waals surface area contributed by atoms with E-state index in [1.807, 2.05) is 0 Å². The standard InChI is InChI=1S/C15H19N3O3S/c16-14-2-1-3-15(19)13(14)10-18-9-8-11-4-6-12(7-5-11)22(17,20)21/h1-7,18-19H,8-10,16H2,(H2,17,20,21). The molecule has 22 heavy (non-hydrogen) atoms. The molecule has 0 saturated heterocycles. The van der Waals surface area contributed by atoms with E-state index in [4.69, 9.17) is 10.9 Å². The van der Waals surface area contributed by atoms with Crippen LogP contribution in [0.1, 0.15) is 11.1 Å². The van der Waals surface area contributed by atoms with Gasteiger partial charge >= 0.3 is 0 Å². The Labute approximate surface area is 129 Å². The van der Waals surface area contributed by atoms with Crippen LogP contribution in [0, 0.1) is 0 Å². The third-order valence-electron chi connectivity index (χ3n) is 3.33. The molecule has 0 aliphatic carbocycles. The zero-order valence-electron chi connectivity index (χ0n) is 12.0. The number of primary sulfonamides is 1. The van der Waals surface area contributed by atoms with Crippen molar-refractivity contribution in [1.82, 2.24) is 5.32 Å². The number of sulfonamides is 1. The van der Waals surface area contributed by atoms with E-state index in [1.165, 1.54) is 12.1 Å². The molecule has 0 spiro atoms. The quantitative estimate of drug-likeness (QED) is 0.467. The minimum atomic E-state index is -3.65. The highest BCUT2D eigenvalue weighted by Gasteiger charge is 2.07. The molecule has 118 valence electrons. The Bertz CT molecular complexity index is 723. The minimum absolute atomic E-state index is 0.103. The van der Waals surface area contributed by atoms with Crippen molar-refractivity contribution in [2.24, 2.45) is 5.14 Å². The average molecular weight is 321 g/mol. The fourth-order valence-electron chi connectivity index (χ4n) is 2.08. The largest absolute Gasteiger partial charge is 0.508 e. The Hall–Kier alpha value is -2.09. The van der Waals surface area contributed by atoms with Gasteiger partial charge in [0.1, 0.15) is 5.75 Å². The highest BCUT2D eigenvalue weighted by atomic mass is 32.2. The second kappa shape index (κ2) is 6.78. The number of rotatable bonds is 6. The van der Waals surface area contributed by atoms with Gasteiger partial charge in [-0.1, -0.05) is 18.2 Å². The Morgan fingerprint density at radius 1 is 1.09 bits per heavy atom. The molecule has 2 aromatic rings. The number of phenolic OH excluding ortho intramolecular Hbond substituents is 1. The predicted molar refractivity (Wildman–Crippen MR) is 85.7 cm³/mol. The minimum Gasteiger partial charge on any atom is -0.508 e. The zero-order valence-corrected chi connectivity index (χ0v) is 12.8. The molecular formula is C15H19N3O3S. The van der Waals surface area contributed by atoms with Gasteiger partial charge in [0.05, 0.1) is 4.90 Å². The summed E-state index contributed by atoms with van der Waals surface area (Å²) in [6, 6.07) is 11.5. The van der Waals surface area contributed by atoms with Crippen LogP contribution in [0.2, 0.25) is 0 Å². The molecule has 0 aromatic heterocycles.